The van der Waals surface area contributed by atoms with Gasteiger partial charge in [0.2, 0.25) is 0 Å². The van der Waals surface area contributed by atoms with Crippen molar-refractivity contribution in [3.05, 3.63) is 77.0 Å². The van der Waals surface area contributed by atoms with Crippen LogP contribution in [0.2, 0.25) is 0 Å². The molecule has 0 spiro atoms. The first-order chi connectivity index (χ1) is 12.5. The summed E-state index contributed by atoms with van der Waals surface area (Å²) in [4.78, 5) is 16.1. The first-order valence-electron chi connectivity index (χ1n) is 7.98. The number of rotatable bonds is 6. The molecule has 26 heavy (non-hydrogen) atoms. The summed E-state index contributed by atoms with van der Waals surface area (Å²) in [6, 6.07) is 12.0. The van der Waals surface area contributed by atoms with E-state index in [0.29, 0.717) is 4.47 Å². The molecule has 2 aromatic carbocycles. The molecule has 5 nitrogen and oxygen atoms in total. The molecule has 1 atom stereocenters. The van der Waals surface area contributed by atoms with Crippen molar-refractivity contribution in [2.45, 2.75) is 13.0 Å². The summed E-state index contributed by atoms with van der Waals surface area (Å²) in [6.07, 6.45) is 5.29. The predicted molar refractivity (Wildman–Crippen MR) is 99.7 cm³/mol. The number of imidazole rings is 1. The molecule has 134 valence electrons. The molecule has 0 saturated heterocycles. The fraction of sp³-hybridized carbons (Fsp3) is 0.158. The number of nitrogens with one attached hydrogen (secondary N) is 1. The van der Waals surface area contributed by atoms with Crippen LogP contribution < -0.4 is 10.1 Å². The fourth-order valence-corrected chi connectivity index (χ4v) is 2.78. The van der Waals surface area contributed by atoms with Crippen LogP contribution in [-0.4, -0.2) is 22.1 Å². The zero-order chi connectivity index (χ0) is 18.5. The van der Waals surface area contributed by atoms with Gasteiger partial charge in [-0.05, 0) is 42.8 Å². The van der Waals surface area contributed by atoms with Gasteiger partial charge in [0.25, 0.3) is 5.91 Å². The van der Waals surface area contributed by atoms with Crippen molar-refractivity contribution in [3.8, 4) is 11.4 Å². The van der Waals surface area contributed by atoms with Gasteiger partial charge < -0.3 is 14.6 Å². The largest absolute Gasteiger partial charge is 0.481 e. The Hall–Kier alpha value is -2.67. The molecule has 1 amide bonds. The van der Waals surface area contributed by atoms with Crippen LogP contribution in [0.3, 0.4) is 0 Å². The van der Waals surface area contributed by atoms with E-state index in [1.165, 1.54) is 12.1 Å². The minimum absolute atomic E-state index is 0.0423. The zero-order valence-corrected chi connectivity index (χ0v) is 15.6. The second-order valence-corrected chi connectivity index (χ2v) is 6.63. The maximum absolute atomic E-state index is 13.7. The molecule has 1 aromatic heterocycles. The normalized spacial score (nSPS) is 11.8. The Morgan fingerprint density at radius 2 is 2.08 bits per heavy atom. The van der Waals surface area contributed by atoms with Gasteiger partial charge in [-0.3, -0.25) is 4.79 Å². The van der Waals surface area contributed by atoms with Gasteiger partial charge in [-0.1, -0.05) is 28.1 Å². The first kappa shape index (κ1) is 18.1. The summed E-state index contributed by atoms with van der Waals surface area (Å²) in [5, 5.41) is 2.84. The third-order valence-corrected chi connectivity index (χ3v) is 4.32. The van der Waals surface area contributed by atoms with E-state index in [9.17, 15) is 9.18 Å². The minimum atomic E-state index is -0.518. The van der Waals surface area contributed by atoms with Gasteiger partial charge in [-0.2, -0.15) is 0 Å². The molecule has 3 aromatic rings. The Bertz CT molecular complexity index is 882. The molecule has 0 unspecified atom stereocenters. The van der Waals surface area contributed by atoms with Crippen molar-refractivity contribution in [1.29, 1.82) is 0 Å². The van der Waals surface area contributed by atoms with Crippen LogP contribution in [0.15, 0.2) is 65.7 Å². The van der Waals surface area contributed by atoms with E-state index in [4.69, 9.17) is 4.74 Å². The number of halogens is 2. The van der Waals surface area contributed by atoms with E-state index in [1.807, 2.05) is 42.0 Å². The smallest absolute Gasteiger partial charge is 0.258 e. The highest BCUT2D eigenvalue weighted by molar-refractivity contribution is 9.10. The monoisotopic (exact) mass is 417 g/mol. The quantitative estimate of drug-likeness (QED) is 0.658. The van der Waals surface area contributed by atoms with Crippen LogP contribution in [0, 0.1) is 5.82 Å². The van der Waals surface area contributed by atoms with Crippen molar-refractivity contribution in [2.24, 2.45) is 0 Å². The van der Waals surface area contributed by atoms with E-state index in [0.717, 1.165) is 11.3 Å². The average Bonchev–Trinajstić information content (AvgIpc) is 3.16. The topological polar surface area (TPSA) is 56.1 Å². The second kappa shape index (κ2) is 8.14. The van der Waals surface area contributed by atoms with Crippen molar-refractivity contribution >= 4 is 21.8 Å². The van der Waals surface area contributed by atoms with Crippen LogP contribution in [0.4, 0.5) is 4.39 Å². The molecule has 7 heteroatoms. The summed E-state index contributed by atoms with van der Waals surface area (Å²) in [6.45, 7) is 1.63. The van der Waals surface area contributed by atoms with Gasteiger partial charge in [0, 0.05) is 22.6 Å². The molecule has 0 bridgehead atoms. The molecular weight excluding hydrogens is 401 g/mol. The Morgan fingerprint density at radius 3 is 2.73 bits per heavy atom. The summed E-state index contributed by atoms with van der Waals surface area (Å²) in [5.74, 6) is -0.797. The minimum Gasteiger partial charge on any atom is -0.481 e. The maximum atomic E-state index is 13.7. The van der Waals surface area contributed by atoms with E-state index < -0.39 is 5.82 Å². The van der Waals surface area contributed by atoms with Gasteiger partial charge in [-0.25, -0.2) is 9.37 Å². The van der Waals surface area contributed by atoms with Crippen molar-refractivity contribution < 1.29 is 13.9 Å². The second-order valence-electron chi connectivity index (χ2n) is 5.71. The lowest BCUT2D eigenvalue weighted by Crippen LogP contribution is -2.31. The summed E-state index contributed by atoms with van der Waals surface area (Å²) in [5.41, 5.74) is 1.94. The molecule has 3 rings (SSSR count). The van der Waals surface area contributed by atoms with Gasteiger partial charge in [-0.15, -0.1) is 0 Å². The summed E-state index contributed by atoms with van der Waals surface area (Å²) >= 11 is 3.17. The number of ether oxygens (including phenoxy) is 1. The summed E-state index contributed by atoms with van der Waals surface area (Å²) in [7, 11) is 0. The molecule has 0 aliphatic rings. The highest BCUT2D eigenvalue weighted by Gasteiger charge is 2.12. The number of aromatic nitrogens is 2. The standard InChI is InChI=1S/C19H17BrFN3O2/c1-13(14-2-5-16(6-3-14)24-9-8-22-12-24)23-19(25)11-26-18-7-4-15(20)10-17(18)21/h2-10,12-13H,11H2,1H3,(H,23,25)/t13-/m0/s1. The Labute approximate surface area is 159 Å². The van der Waals surface area contributed by atoms with E-state index in [2.05, 4.69) is 26.2 Å². The van der Waals surface area contributed by atoms with Crippen LogP contribution in [0.5, 0.6) is 5.75 Å². The zero-order valence-electron chi connectivity index (χ0n) is 14.0. The van der Waals surface area contributed by atoms with Gasteiger partial charge in [0.1, 0.15) is 0 Å². The summed E-state index contributed by atoms with van der Waals surface area (Å²) < 4.78 is 21.4. The Morgan fingerprint density at radius 1 is 1.31 bits per heavy atom. The van der Waals surface area contributed by atoms with Gasteiger partial charge >= 0.3 is 0 Å². The molecule has 0 aliphatic carbocycles. The number of hydrogen-bond acceptors (Lipinski definition) is 3. The van der Waals surface area contributed by atoms with Gasteiger partial charge in [0.15, 0.2) is 18.2 Å². The van der Waals surface area contributed by atoms with Crippen molar-refractivity contribution in [3.63, 3.8) is 0 Å². The molecule has 0 radical (unpaired) electrons. The average molecular weight is 418 g/mol. The molecular formula is C19H17BrFN3O2. The fourth-order valence-electron chi connectivity index (χ4n) is 2.45. The number of benzene rings is 2. The third-order valence-electron chi connectivity index (χ3n) is 3.83. The Kier molecular flexibility index (Phi) is 5.68. The van der Waals surface area contributed by atoms with Crippen LogP contribution in [0.25, 0.3) is 5.69 Å². The SMILES string of the molecule is C[C@H](NC(=O)COc1ccc(Br)cc1F)c1ccc(-n2ccnc2)cc1. The van der Waals surface area contributed by atoms with Crippen molar-refractivity contribution in [1.82, 2.24) is 14.9 Å². The van der Waals surface area contributed by atoms with E-state index in [1.54, 1.807) is 18.6 Å². The lowest BCUT2D eigenvalue weighted by Gasteiger charge is -2.15. The number of carbonyl (C=O) groups is 1. The lowest BCUT2D eigenvalue weighted by atomic mass is 10.1. The van der Waals surface area contributed by atoms with Gasteiger partial charge in [0.05, 0.1) is 12.4 Å². The van der Waals surface area contributed by atoms with Crippen LogP contribution in [-0.2, 0) is 4.79 Å². The predicted octanol–water partition coefficient (Wildman–Crippen LogP) is 4.03. The van der Waals surface area contributed by atoms with E-state index in [-0.39, 0.29) is 24.3 Å². The first-order valence-corrected chi connectivity index (χ1v) is 8.78. The van der Waals surface area contributed by atoms with Crippen LogP contribution in [0.1, 0.15) is 18.5 Å². The molecule has 1 heterocycles. The highest BCUT2D eigenvalue weighted by Crippen LogP contribution is 2.21. The number of carbonyl (C=O) groups excluding carboxylic acids is 1. The maximum Gasteiger partial charge on any atom is 0.258 e. The van der Waals surface area contributed by atoms with Crippen molar-refractivity contribution in [2.75, 3.05) is 6.61 Å². The highest BCUT2D eigenvalue weighted by atomic mass is 79.9. The lowest BCUT2D eigenvalue weighted by molar-refractivity contribution is -0.123. The Balaban J connectivity index is 1.55. The number of amides is 1. The molecule has 0 saturated carbocycles. The molecule has 0 fully saturated rings. The van der Waals surface area contributed by atoms with Crippen LogP contribution >= 0.6 is 15.9 Å². The number of hydrogen-bond donors (Lipinski definition) is 1. The van der Waals surface area contributed by atoms with E-state index >= 15 is 0 Å². The molecule has 1 N–H and O–H groups in total. The third kappa shape index (κ3) is 4.49. The number of nitrogens with zero attached hydrogens (tertiary/aromatic N) is 2. The molecule has 0 aliphatic heterocycles.